The molecular formula is C16H16FN3O3. The molecular weight excluding hydrogens is 301 g/mol. The zero-order chi connectivity index (χ0) is 16.9. The van der Waals surface area contributed by atoms with Gasteiger partial charge in [0.2, 0.25) is 5.91 Å². The number of carbonyl (C=O) groups is 2. The van der Waals surface area contributed by atoms with E-state index in [1.807, 2.05) is 0 Å². The maximum atomic E-state index is 13.5. The smallest absolute Gasteiger partial charge is 0.338 e. The molecule has 2 N–H and O–H groups in total. The topological polar surface area (TPSA) is 91.1 Å². The normalized spacial score (nSPS) is 14.1. The molecule has 23 heavy (non-hydrogen) atoms. The van der Waals surface area contributed by atoms with Gasteiger partial charge < -0.3 is 10.4 Å². The van der Waals surface area contributed by atoms with Gasteiger partial charge in [0.15, 0.2) is 5.66 Å². The van der Waals surface area contributed by atoms with Crippen molar-refractivity contribution in [2.75, 3.05) is 6.54 Å². The van der Waals surface area contributed by atoms with Gasteiger partial charge in [-0.25, -0.2) is 9.18 Å². The number of aromatic carboxylic acids is 1. The van der Waals surface area contributed by atoms with Crippen LogP contribution >= 0.6 is 0 Å². The Morgan fingerprint density at radius 2 is 2.09 bits per heavy atom. The molecule has 1 amide bonds. The first-order valence-corrected chi connectivity index (χ1v) is 7.12. The Kier molecular flexibility index (Phi) is 5.06. The van der Waals surface area contributed by atoms with Crippen LogP contribution in [0, 0.1) is 18.2 Å². The highest BCUT2D eigenvalue weighted by Crippen LogP contribution is 2.35. The Labute approximate surface area is 132 Å². The van der Waals surface area contributed by atoms with Crippen LogP contribution < -0.4 is 5.32 Å². The Bertz CT molecular complexity index is 688. The SMILES string of the molecule is C#CCCC1(CCNC(=O)Cc2ccc(C(=O)O)c(F)c2)N=N1. The van der Waals surface area contributed by atoms with Crippen molar-refractivity contribution < 1.29 is 19.1 Å². The average molecular weight is 317 g/mol. The second-order valence-corrected chi connectivity index (χ2v) is 5.28. The van der Waals surface area contributed by atoms with Crippen LogP contribution in [-0.2, 0) is 11.2 Å². The molecule has 0 spiro atoms. The molecule has 1 aromatic rings. The third kappa shape index (κ3) is 4.61. The molecule has 0 saturated heterocycles. The van der Waals surface area contributed by atoms with E-state index in [0.29, 0.717) is 31.4 Å². The van der Waals surface area contributed by atoms with Gasteiger partial charge in [0.05, 0.1) is 12.0 Å². The molecule has 0 saturated carbocycles. The fourth-order valence-electron chi connectivity index (χ4n) is 2.16. The van der Waals surface area contributed by atoms with Crippen LogP contribution in [0.5, 0.6) is 0 Å². The first kappa shape index (κ1) is 16.6. The second-order valence-electron chi connectivity index (χ2n) is 5.28. The number of nitrogens with zero attached hydrogens (tertiary/aromatic N) is 2. The molecule has 0 unspecified atom stereocenters. The number of benzene rings is 1. The number of carboxylic acids is 1. The van der Waals surface area contributed by atoms with E-state index in [1.54, 1.807) is 0 Å². The van der Waals surface area contributed by atoms with Crippen molar-refractivity contribution in [3.05, 3.63) is 35.1 Å². The van der Waals surface area contributed by atoms with E-state index in [1.165, 1.54) is 6.07 Å². The number of rotatable bonds is 8. The number of amides is 1. The summed E-state index contributed by atoms with van der Waals surface area (Å²) in [4.78, 5) is 22.5. The molecule has 0 atom stereocenters. The summed E-state index contributed by atoms with van der Waals surface area (Å²) in [6.07, 6.45) is 7.00. The van der Waals surface area contributed by atoms with Crippen LogP contribution in [0.2, 0.25) is 0 Å². The van der Waals surface area contributed by atoms with Crippen molar-refractivity contribution in [1.29, 1.82) is 0 Å². The molecule has 120 valence electrons. The van der Waals surface area contributed by atoms with E-state index in [0.717, 1.165) is 12.1 Å². The van der Waals surface area contributed by atoms with Gasteiger partial charge in [0, 0.05) is 25.8 Å². The third-order valence-corrected chi connectivity index (χ3v) is 3.53. The summed E-state index contributed by atoms with van der Waals surface area (Å²) in [6.45, 7) is 0.395. The summed E-state index contributed by atoms with van der Waals surface area (Å²) in [7, 11) is 0. The monoisotopic (exact) mass is 317 g/mol. The summed E-state index contributed by atoms with van der Waals surface area (Å²) < 4.78 is 13.5. The molecule has 0 aromatic heterocycles. The molecule has 2 rings (SSSR count). The minimum Gasteiger partial charge on any atom is -0.478 e. The summed E-state index contributed by atoms with van der Waals surface area (Å²) in [5.41, 5.74) is -0.455. The van der Waals surface area contributed by atoms with E-state index in [2.05, 4.69) is 21.5 Å². The van der Waals surface area contributed by atoms with Crippen molar-refractivity contribution in [2.24, 2.45) is 10.2 Å². The lowest BCUT2D eigenvalue weighted by molar-refractivity contribution is -0.120. The predicted octanol–water partition coefficient (Wildman–Crippen LogP) is 2.15. The lowest BCUT2D eigenvalue weighted by Gasteiger charge is -2.10. The van der Waals surface area contributed by atoms with E-state index >= 15 is 0 Å². The van der Waals surface area contributed by atoms with Crippen molar-refractivity contribution in [2.45, 2.75) is 31.3 Å². The minimum absolute atomic E-state index is 0.0253. The van der Waals surface area contributed by atoms with E-state index in [4.69, 9.17) is 11.5 Å². The standard InChI is InChI=1S/C16H16FN3O3/c1-2-3-6-16(19-20-16)7-8-18-14(21)10-11-4-5-12(15(22)23)13(17)9-11/h1,4-5,9H,3,6-8,10H2,(H,18,21)(H,22,23). The van der Waals surface area contributed by atoms with Gasteiger partial charge in [-0.2, -0.15) is 10.2 Å². The zero-order valence-electron chi connectivity index (χ0n) is 12.4. The van der Waals surface area contributed by atoms with Gasteiger partial charge in [-0.3, -0.25) is 4.79 Å². The number of nitrogens with one attached hydrogen (secondary N) is 1. The van der Waals surface area contributed by atoms with E-state index in [9.17, 15) is 14.0 Å². The number of halogens is 1. The Morgan fingerprint density at radius 3 is 2.65 bits per heavy atom. The lowest BCUT2D eigenvalue weighted by atomic mass is 10.0. The highest BCUT2D eigenvalue weighted by molar-refractivity contribution is 5.88. The third-order valence-electron chi connectivity index (χ3n) is 3.53. The summed E-state index contributed by atoms with van der Waals surface area (Å²) in [5.74, 6) is 0.0561. The Balaban J connectivity index is 1.78. The van der Waals surface area contributed by atoms with Crippen LogP contribution in [0.1, 0.15) is 35.2 Å². The molecule has 7 heteroatoms. The predicted molar refractivity (Wildman–Crippen MR) is 80.3 cm³/mol. The van der Waals surface area contributed by atoms with Gasteiger partial charge in [-0.05, 0) is 17.7 Å². The number of hydrogen-bond acceptors (Lipinski definition) is 4. The molecule has 1 heterocycles. The first-order valence-electron chi connectivity index (χ1n) is 7.12. The lowest BCUT2D eigenvalue weighted by Crippen LogP contribution is -2.29. The fraction of sp³-hybridized carbons (Fsp3) is 0.375. The average Bonchev–Trinajstić information content (AvgIpc) is 3.25. The van der Waals surface area contributed by atoms with Crippen LogP contribution in [-0.4, -0.2) is 29.2 Å². The van der Waals surface area contributed by atoms with Crippen molar-refractivity contribution in [3.63, 3.8) is 0 Å². The quantitative estimate of drug-likeness (QED) is 0.720. The molecule has 1 aliphatic heterocycles. The molecule has 0 radical (unpaired) electrons. The number of terminal acetylenes is 1. The van der Waals surface area contributed by atoms with Gasteiger partial charge in [0.1, 0.15) is 5.82 Å². The number of hydrogen-bond donors (Lipinski definition) is 2. The van der Waals surface area contributed by atoms with E-state index < -0.39 is 23.0 Å². The van der Waals surface area contributed by atoms with Crippen LogP contribution in [0.15, 0.2) is 28.4 Å². The molecule has 0 bridgehead atoms. The number of carbonyl (C=O) groups excluding carboxylic acids is 1. The molecule has 1 aliphatic rings. The molecule has 0 aliphatic carbocycles. The molecule has 1 aromatic carbocycles. The number of carboxylic acid groups (broad SMARTS) is 1. The van der Waals surface area contributed by atoms with Gasteiger partial charge in [-0.15, -0.1) is 12.3 Å². The fourth-order valence-corrected chi connectivity index (χ4v) is 2.16. The van der Waals surface area contributed by atoms with E-state index in [-0.39, 0.29) is 12.3 Å². The van der Waals surface area contributed by atoms with Crippen molar-refractivity contribution in [1.82, 2.24) is 5.32 Å². The van der Waals surface area contributed by atoms with Crippen LogP contribution in [0.4, 0.5) is 4.39 Å². The van der Waals surface area contributed by atoms with Crippen LogP contribution in [0.3, 0.4) is 0 Å². The highest BCUT2D eigenvalue weighted by Gasteiger charge is 2.38. The molecule has 6 nitrogen and oxygen atoms in total. The second kappa shape index (κ2) is 7.01. The zero-order valence-corrected chi connectivity index (χ0v) is 12.4. The Morgan fingerprint density at radius 1 is 1.35 bits per heavy atom. The van der Waals surface area contributed by atoms with Gasteiger partial charge in [-0.1, -0.05) is 6.07 Å². The summed E-state index contributed by atoms with van der Waals surface area (Å²) in [6, 6.07) is 3.63. The van der Waals surface area contributed by atoms with Gasteiger partial charge >= 0.3 is 5.97 Å². The first-order chi connectivity index (χ1) is 11.0. The minimum atomic E-state index is -1.34. The summed E-state index contributed by atoms with van der Waals surface area (Å²) >= 11 is 0. The molecule has 0 fully saturated rings. The largest absolute Gasteiger partial charge is 0.478 e. The van der Waals surface area contributed by atoms with Crippen molar-refractivity contribution in [3.8, 4) is 12.3 Å². The van der Waals surface area contributed by atoms with Gasteiger partial charge in [0.25, 0.3) is 0 Å². The maximum Gasteiger partial charge on any atom is 0.338 e. The highest BCUT2D eigenvalue weighted by atomic mass is 19.1. The summed E-state index contributed by atoms with van der Waals surface area (Å²) in [5, 5.41) is 19.4. The van der Waals surface area contributed by atoms with Crippen molar-refractivity contribution >= 4 is 11.9 Å². The maximum absolute atomic E-state index is 13.5. The Hall–Kier alpha value is -2.75. The van der Waals surface area contributed by atoms with Crippen LogP contribution in [0.25, 0.3) is 0 Å².